The molecule has 0 heterocycles. The standard InChI is InChI=1S/C13H16F3NO2S/c14-13(15,16)11-5-2-1-4-10(11)12(19)17-6-9-20-8-3-7-18/h1-2,4-5,18H,3,6-9H2,(H,17,19). The van der Waals surface area contributed by atoms with E-state index in [0.717, 1.165) is 17.9 Å². The van der Waals surface area contributed by atoms with Crippen LogP contribution in [-0.4, -0.2) is 35.7 Å². The van der Waals surface area contributed by atoms with Crippen LogP contribution in [0.2, 0.25) is 0 Å². The number of nitrogens with one attached hydrogen (secondary N) is 1. The van der Waals surface area contributed by atoms with Crippen LogP contribution in [0, 0.1) is 0 Å². The number of aliphatic hydroxyl groups is 1. The van der Waals surface area contributed by atoms with Gasteiger partial charge < -0.3 is 10.4 Å². The molecule has 0 atom stereocenters. The second-order valence-electron chi connectivity index (χ2n) is 3.99. The molecule has 0 aromatic heterocycles. The minimum absolute atomic E-state index is 0.109. The van der Waals surface area contributed by atoms with Crippen molar-refractivity contribution < 1.29 is 23.1 Å². The normalized spacial score (nSPS) is 11.4. The molecule has 1 amide bonds. The van der Waals surface area contributed by atoms with Gasteiger partial charge in [0.05, 0.1) is 11.1 Å². The zero-order valence-electron chi connectivity index (χ0n) is 10.7. The number of hydrogen-bond acceptors (Lipinski definition) is 3. The Morgan fingerprint density at radius 3 is 2.60 bits per heavy atom. The maximum absolute atomic E-state index is 12.7. The summed E-state index contributed by atoms with van der Waals surface area (Å²) < 4.78 is 38.2. The van der Waals surface area contributed by atoms with Crippen LogP contribution in [0.5, 0.6) is 0 Å². The summed E-state index contributed by atoms with van der Waals surface area (Å²) in [5, 5.41) is 11.0. The number of halogens is 3. The second kappa shape index (κ2) is 8.16. The van der Waals surface area contributed by atoms with Crippen LogP contribution in [0.15, 0.2) is 24.3 Å². The van der Waals surface area contributed by atoms with Gasteiger partial charge >= 0.3 is 6.18 Å². The van der Waals surface area contributed by atoms with Crippen molar-refractivity contribution >= 4 is 17.7 Å². The predicted molar refractivity (Wildman–Crippen MR) is 72.8 cm³/mol. The number of benzene rings is 1. The Hall–Kier alpha value is -1.21. The molecule has 2 N–H and O–H groups in total. The zero-order chi connectivity index (χ0) is 15.0. The second-order valence-corrected chi connectivity index (χ2v) is 5.21. The molecule has 0 saturated heterocycles. The Bertz CT molecular complexity index is 438. The van der Waals surface area contributed by atoms with Crippen LogP contribution in [0.4, 0.5) is 13.2 Å². The van der Waals surface area contributed by atoms with Crippen molar-refractivity contribution in [2.75, 3.05) is 24.7 Å². The maximum Gasteiger partial charge on any atom is 0.417 e. The molecule has 0 saturated carbocycles. The largest absolute Gasteiger partial charge is 0.417 e. The minimum atomic E-state index is -4.54. The molecule has 20 heavy (non-hydrogen) atoms. The van der Waals surface area contributed by atoms with E-state index in [4.69, 9.17) is 5.11 Å². The van der Waals surface area contributed by atoms with Crippen LogP contribution in [-0.2, 0) is 6.18 Å². The van der Waals surface area contributed by atoms with Crippen molar-refractivity contribution in [3.8, 4) is 0 Å². The number of hydrogen-bond donors (Lipinski definition) is 2. The van der Waals surface area contributed by atoms with Crippen LogP contribution in [0.25, 0.3) is 0 Å². The topological polar surface area (TPSA) is 49.3 Å². The number of carbonyl (C=O) groups excluding carboxylic acids is 1. The lowest BCUT2D eigenvalue weighted by Gasteiger charge is -2.12. The first-order valence-electron chi connectivity index (χ1n) is 6.10. The van der Waals surface area contributed by atoms with E-state index < -0.39 is 17.6 Å². The maximum atomic E-state index is 12.7. The van der Waals surface area contributed by atoms with Crippen molar-refractivity contribution in [2.24, 2.45) is 0 Å². The lowest BCUT2D eigenvalue weighted by molar-refractivity contribution is -0.137. The van der Waals surface area contributed by atoms with Gasteiger partial charge in [0.1, 0.15) is 0 Å². The number of amides is 1. The molecule has 0 radical (unpaired) electrons. The molecule has 7 heteroatoms. The summed E-state index contributed by atoms with van der Waals surface area (Å²) in [5.74, 6) is 0.631. The van der Waals surface area contributed by atoms with Gasteiger partial charge in [0.15, 0.2) is 0 Å². The Morgan fingerprint density at radius 2 is 1.95 bits per heavy atom. The highest BCUT2D eigenvalue weighted by Crippen LogP contribution is 2.31. The van der Waals surface area contributed by atoms with Crippen molar-refractivity contribution in [2.45, 2.75) is 12.6 Å². The summed E-state index contributed by atoms with van der Waals surface area (Å²) in [6, 6.07) is 4.71. The summed E-state index contributed by atoms with van der Waals surface area (Å²) in [4.78, 5) is 11.7. The van der Waals surface area contributed by atoms with Gasteiger partial charge in [-0.25, -0.2) is 0 Å². The Labute approximate surface area is 119 Å². The number of aliphatic hydroxyl groups excluding tert-OH is 1. The molecular weight excluding hydrogens is 291 g/mol. The van der Waals surface area contributed by atoms with Crippen molar-refractivity contribution in [3.63, 3.8) is 0 Å². The SMILES string of the molecule is O=C(NCCSCCCO)c1ccccc1C(F)(F)F. The molecule has 1 aromatic rings. The molecule has 0 fully saturated rings. The first kappa shape index (κ1) is 16.8. The van der Waals surface area contributed by atoms with Gasteiger partial charge in [-0.2, -0.15) is 24.9 Å². The van der Waals surface area contributed by atoms with E-state index in [0.29, 0.717) is 18.7 Å². The van der Waals surface area contributed by atoms with E-state index in [1.54, 1.807) is 0 Å². The number of carbonyl (C=O) groups is 1. The lowest BCUT2D eigenvalue weighted by atomic mass is 10.1. The third kappa shape index (κ3) is 5.42. The number of alkyl halides is 3. The number of rotatable bonds is 7. The minimum Gasteiger partial charge on any atom is -0.396 e. The fraction of sp³-hybridized carbons (Fsp3) is 0.462. The lowest BCUT2D eigenvalue weighted by Crippen LogP contribution is -2.28. The van der Waals surface area contributed by atoms with E-state index in [9.17, 15) is 18.0 Å². The van der Waals surface area contributed by atoms with E-state index in [2.05, 4.69) is 5.32 Å². The molecular formula is C13H16F3NO2S. The summed E-state index contributed by atoms with van der Waals surface area (Å²) in [7, 11) is 0. The first-order chi connectivity index (χ1) is 9.46. The van der Waals surface area contributed by atoms with Crippen LogP contribution in [0.3, 0.4) is 0 Å². The third-order valence-electron chi connectivity index (χ3n) is 2.46. The van der Waals surface area contributed by atoms with Gasteiger partial charge in [0.25, 0.3) is 5.91 Å². The molecule has 1 rings (SSSR count). The molecule has 0 aliphatic rings. The van der Waals surface area contributed by atoms with Crippen molar-refractivity contribution in [1.82, 2.24) is 5.32 Å². The molecule has 0 aliphatic heterocycles. The van der Waals surface area contributed by atoms with Gasteiger partial charge in [-0.05, 0) is 24.3 Å². The van der Waals surface area contributed by atoms with Gasteiger partial charge in [0, 0.05) is 18.9 Å². The van der Waals surface area contributed by atoms with Crippen LogP contribution in [0.1, 0.15) is 22.3 Å². The van der Waals surface area contributed by atoms with Crippen LogP contribution >= 0.6 is 11.8 Å². The highest BCUT2D eigenvalue weighted by Gasteiger charge is 2.34. The monoisotopic (exact) mass is 307 g/mol. The van der Waals surface area contributed by atoms with E-state index in [-0.39, 0.29) is 12.2 Å². The Morgan fingerprint density at radius 1 is 1.25 bits per heavy atom. The summed E-state index contributed by atoms with van der Waals surface area (Å²) >= 11 is 1.53. The molecule has 1 aromatic carbocycles. The highest BCUT2D eigenvalue weighted by atomic mass is 32.2. The van der Waals surface area contributed by atoms with Gasteiger partial charge in [-0.1, -0.05) is 12.1 Å². The van der Waals surface area contributed by atoms with Crippen molar-refractivity contribution in [1.29, 1.82) is 0 Å². The summed E-state index contributed by atoms with van der Waals surface area (Å²) in [6.45, 7) is 0.402. The van der Waals surface area contributed by atoms with E-state index in [1.807, 2.05) is 0 Å². The smallest absolute Gasteiger partial charge is 0.396 e. The highest BCUT2D eigenvalue weighted by molar-refractivity contribution is 7.99. The van der Waals surface area contributed by atoms with E-state index in [1.165, 1.54) is 23.9 Å². The van der Waals surface area contributed by atoms with Crippen molar-refractivity contribution in [3.05, 3.63) is 35.4 Å². The molecule has 0 bridgehead atoms. The molecule has 0 spiro atoms. The average Bonchev–Trinajstić information content (AvgIpc) is 2.41. The molecule has 0 aliphatic carbocycles. The van der Waals surface area contributed by atoms with Gasteiger partial charge in [-0.3, -0.25) is 4.79 Å². The first-order valence-corrected chi connectivity index (χ1v) is 7.25. The zero-order valence-corrected chi connectivity index (χ0v) is 11.6. The molecule has 0 unspecified atom stereocenters. The fourth-order valence-electron chi connectivity index (χ4n) is 1.53. The summed E-state index contributed by atoms with van der Waals surface area (Å²) in [5.41, 5.74) is -1.29. The third-order valence-corrected chi connectivity index (χ3v) is 3.53. The van der Waals surface area contributed by atoms with Crippen LogP contribution < -0.4 is 5.32 Å². The average molecular weight is 307 g/mol. The fourth-order valence-corrected chi connectivity index (χ4v) is 2.31. The predicted octanol–water partition coefficient (Wildman–Crippen LogP) is 2.55. The van der Waals surface area contributed by atoms with E-state index >= 15 is 0 Å². The quantitative estimate of drug-likeness (QED) is 0.761. The summed E-state index contributed by atoms with van der Waals surface area (Å²) in [6.07, 6.45) is -3.88. The Kier molecular flexibility index (Phi) is 6.87. The van der Waals surface area contributed by atoms with Gasteiger partial charge in [0.2, 0.25) is 0 Å². The Balaban J connectivity index is 2.52. The van der Waals surface area contributed by atoms with Gasteiger partial charge in [-0.15, -0.1) is 0 Å². The molecule has 112 valence electrons. The molecule has 3 nitrogen and oxygen atoms in total. The number of thioether (sulfide) groups is 1.